The van der Waals surface area contributed by atoms with E-state index in [9.17, 15) is 0 Å². The highest BCUT2D eigenvalue weighted by Gasteiger charge is 2.43. The summed E-state index contributed by atoms with van der Waals surface area (Å²) in [7, 11) is 0. The van der Waals surface area contributed by atoms with Crippen LogP contribution in [0.2, 0.25) is 0 Å². The molecule has 3 heteroatoms. The van der Waals surface area contributed by atoms with E-state index in [0.29, 0.717) is 6.10 Å². The number of halogens is 1. The van der Waals surface area contributed by atoms with Gasteiger partial charge in [-0.15, -0.1) is 0 Å². The fourth-order valence-corrected chi connectivity index (χ4v) is 3.25. The average molecular weight is 344 g/mol. The molecule has 1 atom stereocenters. The second-order valence-electron chi connectivity index (χ2n) is 5.08. The lowest BCUT2D eigenvalue weighted by atomic mass is 9.74. The third-order valence-electron chi connectivity index (χ3n) is 3.81. The van der Waals surface area contributed by atoms with E-state index in [1.807, 2.05) is 6.07 Å². The third kappa shape index (κ3) is 2.60. The van der Waals surface area contributed by atoms with Gasteiger partial charge in [-0.25, -0.2) is 0 Å². The second-order valence-corrected chi connectivity index (χ2v) is 6.32. The first-order valence-electron chi connectivity index (χ1n) is 6.32. The Balaban J connectivity index is 1.65. The van der Waals surface area contributed by atoms with Crippen LogP contribution in [0, 0.1) is 3.57 Å². The van der Waals surface area contributed by atoms with E-state index in [1.165, 1.54) is 22.8 Å². The van der Waals surface area contributed by atoms with Gasteiger partial charge in [-0.05, 0) is 60.1 Å². The minimum Gasteiger partial charge on any atom is -0.490 e. The Morgan fingerprint density at radius 1 is 1.35 bits per heavy atom. The minimum absolute atomic E-state index is 0.171. The Bertz CT molecular complexity index is 401. The van der Waals surface area contributed by atoms with Gasteiger partial charge in [-0.2, -0.15) is 0 Å². The molecular weight excluding hydrogens is 327 g/mol. The molecule has 1 aliphatic carbocycles. The standard InChI is InChI=1S/C14H17IO2/c15-11-3-1-4-12(9-11)17-13-5-8-16-14(10-13)6-2-7-14/h1,3-4,9,13H,2,5-8,10H2. The molecule has 1 unspecified atom stereocenters. The van der Waals surface area contributed by atoms with Crippen molar-refractivity contribution in [3.05, 3.63) is 27.8 Å². The Labute approximate surface area is 116 Å². The molecule has 0 bridgehead atoms. The van der Waals surface area contributed by atoms with Crippen molar-refractivity contribution < 1.29 is 9.47 Å². The molecule has 0 radical (unpaired) electrons. The van der Waals surface area contributed by atoms with Crippen molar-refractivity contribution in [2.75, 3.05) is 6.61 Å². The van der Waals surface area contributed by atoms with E-state index in [2.05, 4.69) is 40.8 Å². The van der Waals surface area contributed by atoms with Crippen molar-refractivity contribution in [1.82, 2.24) is 0 Å². The van der Waals surface area contributed by atoms with Crippen molar-refractivity contribution in [1.29, 1.82) is 0 Å². The van der Waals surface area contributed by atoms with E-state index in [0.717, 1.165) is 25.2 Å². The molecule has 3 rings (SSSR count). The van der Waals surface area contributed by atoms with Gasteiger partial charge in [-0.3, -0.25) is 0 Å². The maximum Gasteiger partial charge on any atom is 0.120 e. The van der Waals surface area contributed by atoms with Crippen molar-refractivity contribution in [2.45, 2.75) is 43.8 Å². The largest absolute Gasteiger partial charge is 0.490 e. The first-order valence-corrected chi connectivity index (χ1v) is 7.40. The molecule has 0 aromatic heterocycles. The van der Waals surface area contributed by atoms with Gasteiger partial charge in [0.05, 0.1) is 12.2 Å². The van der Waals surface area contributed by atoms with Crippen LogP contribution in [0.15, 0.2) is 24.3 Å². The zero-order valence-corrected chi connectivity index (χ0v) is 12.0. The lowest BCUT2D eigenvalue weighted by Gasteiger charge is -2.46. The molecule has 2 nitrogen and oxygen atoms in total. The summed E-state index contributed by atoms with van der Waals surface area (Å²) >= 11 is 2.32. The van der Waals surface area contributed by atoms with Gasteiger partial charge in [0.15, 0.2) is 0 Å². The lowest BCUT2D eigenvalue weighted by molar-refractivity contribution is -0.153. The molecule has 1 saturated carbocycles. The fourth-order valence-electron chi connectivity index (χ4n) is 2.74. The molecule has 0 amide bonds. The maximum absolute atomic E-state index is 6.08. The molecule has 1 heterocycles. The van der Waals surface area contributed by atoms with Crippen LogP contribution in [-0.4, -0.2) is 18.3 Å². The van der Waals surface area contributed by atoms with E-state index >= 15 is 0 Å². The van der Waals surface area contributed by atoms with E-state index in [1.54, 1.807) is 0 Å². The Morgan fingerprint density at radius 2 is 2.24 bits per heavy atom. The van der Waals surface area contributed by atoms with Gasteiger partial charge in [0.1, 0.15) is 11.9 Å². The van der Waals surface area contributed by atoms with Gasteiger partial charge in [0, 0.05) is 16.4 Å². The molecule has 1 aromatic rings. The van der Waals surface area contributed by atoms with Crippen LogP contribution in [0.5, 0.6) is 5.75 Å². The summed E-state index contributed by atoms with van der Waals surface area (Å²) in [4.78, 5) is 0. The third-order valence-corrected chi connectivity index (χ3v) is 4.48. The first kappa shape index (κ1) is 11.8. The average Bonchev–Trinajstić information content (AvgIpc) is 2.27. The zero-order chi connectivity index (χ0) is 11.7. The molecule has 0 N–H and O–H groups in total. The quantitative estimate of drug-likeness (QED) is 0.761. The normalized spacial score (nSPS) is 26.5. The van der Waals surface area contributed by atoms with Crippen LogP contribution in [-0.2, 0) is 4.74 Å². The van der Waals surface area contributed by atoms with E-state index < -0.39 is 0 Å². The smallest absolute Gasteiger partial charge is 0.120 e. The van der Waals surface area contributed by atoms with E-state index in [4.69, 9.17) is 9.47 Å². The Hall–Kier alpha value is -0.290. The monoisotopic (exact) mass is 344 g/mol. The summed E-state index contributed by atoms with van der Waals surface area (Å²) in [5.74, 6) is 0.998. The fraction of sp³-hybridized carbons (Fsp3) is 0.571. The molecule has 1 spiro atoms. The van der Waals surface area contributed by atoms with Gasteiger partial charge in [0.25, 0.3) is 0 Å². The minimum atomic E-state index is 0.171. The molecular formula is C14H17IO2. The molecule has 92 valence electrons. The maximum atomic E-state index is 6.08. The van der Waals surface area contributed by atoms with Gasteiger partial charge in [0.2, 0.25) is 0 Å². The number of hydrogen-bond acceptors (Lipinski definition) is 2. The van der Waals surface area contributed by atoms with Gasteiger partial charge < -0.3 is 9.47 Å². The summed E-state index contributed by atoms with van der Waals surface area (Å²) < 4.78 is 13.2. The van der Waals surface area contributed by atoms with Gasteiger partial charge >= 0.3 is 0 Å². The van der Waals surface area contributed by atoms with Crippen molar-refractivity contribution in [3.8, 4) is 5.75 Å². The van der Waals surface area contributed by atoms with Crippen molar-refractivity contribution in [2.24, 2.45) is 0 Å². The highest BCUT2D eigenvalue weighted by Crippen LogP contribution is 2.43. The zero-order valence-electron chi connectivity index (χ0n) is 9.82. The van der Waals surface area contributed by atoms with Crippen LogP contribution in [0.1, 0.15) is 32.1 Å². The number of hydrogen-bond donors (Lipinski definition) is 0. The van der Waals surface area contributed by atoms with Crippen LogP contribution in [0.3, 0.4) is 0 Å². The highest BCUT2D eigenvalue weighted by molar-refractivity contribution is 14.1. The highest BCUT2D eigenvalue weighted by atomic mass is 127. The molecule has 2 aliphatic rings. The molecule has 17 heavy (non-hydrogen) atoms. The summed E-state index contributed by atoms with van der Waals surface area (Å²) in [6, 6.07) is 8.29. The second kappa shape index (κ2) is 4.76. The van der Waals surface area contributed by atoms with Crippen LogP contribution in [0.25, 0.3) is 0 Å². The molecule has 1 saturated heterocycles. The predicted octanol–water partition coefficient (Wildman–Crippen LogP) is 3.77. The number of benzene rings is 1. The summed E-state index contributed by atoms with van der Waals surface area (Å²) in [6.07, 6.45) is 6.18. The summed E-state index contributed by atoms with van der Waals surface area (Å²) in [6.45, 7) is 0.856. The van der Waals surface area contributed by atoms with Crippen LogP contribution in [0.4, 0.5) is 0 Å². The number of ether oxygens (including phenoxy) is 2. The number of rotatable bonds is 2. The predicted molar refractivity (Wildman–Crippen MR) is 75.3 cm³/mol. The molecule has 1 aromatic carbocycles. The summed E-state index contributed by atoms with van der Waals surface area (Å²) in [5.41, 5.74) is 0.171. The molecule has 1 aliphatic heterocycles. The Morgan fingerprint density at radius 3 is 2.94 bits per heavy atom. The van der Waals surface area contributed by atoms with Crippen LogP contribution >= 0.6 is 22.6 Å². The summed E-state index contributed by atoms with van der Waals surface area (Å²) in [5, 5.41) is 0. The SMILES string of the molecule is Ic1cccc(OC2CCOC3(CCC3)C2)c1. The van der Waals surface area contributed by atoms with Gasteiger partial charge in [-0.1, -0.05) is 6.07 Å². The van der Waals surface area contributed by atoms with Crippen molar-refractivity contribution in [3.63, 3.8) is 0 Å². The van der Waals surface area contributed by atoms with E-state index in [-0.39, 0.29) is 5.60 Å². The van der Waals surface area contributed by atoms with Crippen molar-refractivity contribution >= 4 is 22.6 Å². The first-order chi connectivity index (χ1) is 8.26. The topological polar surface area (TPSA) is 18.5 Å². The molecule has 2 fully saturated rings. The Kier molecular flexibility index (Phi) is 3.30. The lowest BCUT2D eigenvalue weighted by Crippen LogP contribution is -2.48. The van der Waals surface area contributed by atoms with Crippen LogP contribution < -0.4 is 4.74 Å².